The predicted octanol–water partition coefficient (Wildman–Crippen LogP) is 2.93. The van der Waals surface area contributed by atoms with Gasteiger partial charge >= 0.3 is 11.6 Å². The number of fused-ring (bicyclic) bond motifs is 1. The van der Waals surface area contributed by atoms with Gasteiger partial charge in [-0.15, -0.1) is 0 Å². The number of carbonyl (C=O) groups excluding carboxylic acids is 1. The van der Waals surface area contributed by atoms with Crippen molar-refractivity contribution in [2.45, 2.75) is 26.3 Å². The molecule has 0 unspecified atom stereocenters. The van der Waals surface area contributed by atoms with Crippen molar-refractivity contribution in [1.82, 2.24) is 5.32 Å². The molecule has 29 heavy (non-hydrogen) atoms. The molecular formula is C22H21NO6. The Morgan fingerprint density at radius 3 is 2.34 bits per heavy atom. The number of para-hydroxylation sites is 1. The monoisotopic (exact) mass is 395 g/mol. The maximum absolute atomic E-state index is 12.3. The van der Waals surface area contributed by atoms with Gasteiger partial charge in [-0.1, -0.05) is 38.1 Å². The minimum absolute atomic E-state index is 0.125. The summed E-state index contributed by atoms with van der Waals surface area (Å²) in [7, 11) is 0. The summed E-state index contributed by atoms with van der Waals surface area (Å²) in [5, 5.41) is 22.6. The van der Waals surface area contributed by atoms with Crippen LogP contribution in [-0.2, 0) is 11.2 Å². The van der Waals surface area contributed by atoms with E-state index in [-0.39, 0.29) is 23.7 Å². The summed E-state index contributed by atoms with van der Waals surface area (Å²) in [6.45, 7) is 3.42. The molecule has 1 heterocycles. The van der Waals surface area contributed by atoms with E-state index in [0.717, 1.165) is 0 Å². The Labute approximate surface area is 166 Å². The van der Waals surface area contributed by atoms with Crippen LogP contribution in [-0.4, -0.2) is 28.1 Å². The Kier molecular flexibility index (Phi) is 5.68. The van der Waals surface area contributed by atoms with E-state index in [1.165, 1.54) is 0 Å². The van der Waals surface area contributed by atoms with Gasteiger partial charge in [0.2, 0.25) is 0 Å². The quantitative estimate of drug-likeness (QED) is 0.553. The Morgan fingerprint density at radius 2 is 1.72 bits per heavy atom. The first-order valence-corrected chi connectivity index (χ1v) is 9.14. The van der Waals surface area contributed by atoms with Crippen LogP contribution in [0.15, 0.2) is 57.7 Å². The number of aromatic hydroxyl groups is 1. The van der Waals surface area contributed by atoms with Crippen molar-refractivity contribution in [3.63, 3.8) is 0 Å². The summed E-state index contributed by atoms with van der Waals surface area (Å²) in [4.78, 5) is 35.8. The molecule has 1 amide bonds. The van der Waals surface area contributed by atoms with Crippen LogP contribution in [0.25, 0.3) is 11.0 Å². The van der Waals surface area contributed by atoms with Gasteiger partial charge in [0.15, 0.2) is 0 Å². The molecule has 0 saturated heterocycles. The average molecular weight is 395 g/mol. The molecule has 1 atom stereocenters. The first kappa shape index (κ1) is 20.1. The van der Waals surface area contributed by atoms with Crippen LogP contribution >= 0.6 is 0 Å². The summed E-state index contributed by atoms with van der Waals surface area (Å²) >= 11 is 0. The number of nitrogens with one attached hydrogen (secondary N) is 1. The van der Waals surface area contributed by atoms with Gasteiger partial charge in [-0.25, -0.2) is 9.59 Å². The lowest BCUT2D eigenvalue weighted by Gasteiger charge is -2.18. The second kappa shape index (κ2) is 8.18. The number of hydrogen-bond donors (Lipinski definition) is 3. The third-order valence-electron chi connectivity index (χ3n) is 4.69. The molecule has 150 valence electrons. The molecule has 3 aromatic rings. The third-order valence-corrected chi connectivity index (χ3v) is 4.69. The van der Waals surface area contributed by atoms with Gasteiger partial charge in [-0.3, -0.25) is 4.79 Å². The van der Waals surface area contributed by atoms with Crippen molar-refractivity contribution in [3.05, 3.63) is 75.6 Å². The summed E-state index contributed by atoms with van der Waals surface area (Å²) in [5.41, 5.74) is 0.813. The van der Waals surface area contributed by atoms with Crippen molar-refractivity contribution in [1.29, 1.82) is 0 Å². The number of benzene rings is 2. The van der Waals surface area contributed by atoms with Gasteiger partial charge in [-0.05, 0) is 35.7 Å². The molecule has 0 fully saturated rings. The smallest absolute Gasteiger partial charge is 0.343 e. The zero-order chi connectivity index (χ0) is 21.1. The van der Waals surface area contributed by atoms with E-state index < -0.39 is 23.5 Å². The molecule has 0 aliphatic carbocycles. The topological polar surface area (TPSA) is 117 Å². The number of carboxylic acid groups (broad SMARTS) is 1. The maximum Gasteiger partial charge on any atom is 0.343 e. The van der Waals surface area contributed by atoms with Crippen LogP contribution in [0, 0.1) is 5.92 Å². The van der Waals surface area contributed by atoms with Gasteiger partial charge in [0, 0.05) is 12.0 Å². The number of carboxylic acids is 1. The highest BCUT2D eigenvalue weighted by molar-refractivity contribution is 5.96. The zero-order valence-corrected chi connectivity index (χ0v) is 16.0. The van der Waals surface area contributed by atoms with Crippen LogP contribution in [0.1, 0.15) is 35.3 Å². The standard InChI is InChI=1S/C22H21NO6/c1-12(2)18(21(26)27)23-20(25)14-9-7-13(8-10-14)11-16-19(24)15-5-3-4-6-17(15)29-22(16)28/h3-10,12,18,24H,11H2,1-2H3,(H,23,25)(H,26,27)/t18-/m0/s1. The van der Waals surface area contributed by atoms with Crippen molar-refractivity contribution in [2.75, 3.05) is 0 Å². The van der Waals surface area contributed by atoms with Gasteiger partial charge in [-0.2, -0.15) is 0 Å². The molecule has 2 aromatic carbocycles. The number of amides is 1. The number of hydrogen-bond acceptors (Lipinski definition) is 5. The minimum atomic E-state index is -1.09. The molecule has 0 radical (unpaired) electrons. The highest BCUT2D eigenvalue weighted by atomic mass is 16.4. The molecule has 0 aliphatic heterocycles. The highest BCUT2D eigenvalue weighted by Crippen LogP contribution is 2.27. The number of carbonyl (C=O) groups is 2. The predicted molar refractivity (Wildman–Crippen MR) is 107 cm³/mol. The van der Waals surface area contributed by atoms with E-state index in [1.807, 2.05) is 0 Å². The Morgan fingerprint density at radius 1 is 1.07 bits per heavy atom. The molecule has 0 bridgehead atoms. The Bertz CT molecular complexity index is 1110. The minimum Gasteiger partial charge on any atom is -0.507 e. The first-order chi connectivity index (χ1) is 13.8. The summed E-state index contributed by atoms with van der Waals surface area (Å²) in [6, 6.07) is 12.1. The number of aliphatic carboxylic acids is 1. The molecule has 7 nitrogen and oxygen atoms in total. The van der Waals surface area contributed by atoms with Crippen molar-refractivity contribution < 1.29 is 24.2 Å². The van der Waals surface area contributed by atoms with Gasteiger partial charge in [0.05, 0.1) is 10.9 Å². The van der Waals surface area contributed by atoms with Gasteiger partial charge in [0.1, 0.15) is 17.4 Å². The van der Waals surface area contributed by atoms with E-state index >= 15 is 0 Å². The Balaban J connectivity index is 1.81. The molecule has 0 spiro atoms. The third kappa shape index (κ3) is 4.29. The van der Waals surface area contributed by atoms with Gasteiger partial charge in [0.25, 0.3) is 5.91 Å². The molecular weight excluding hydrogens is 374 g/mol. The lowest BCUT2D eigenvalue weighted by Crippen LogP contribution is -2.44. The van der Waals surface area contributed by atoms with Crippen LogP contribution in [0.2, 0.25) is 0 Å². The second-order valence-corrected chi connectivity index (χ2v) is 7.12. The zero-order valence-electron chi connectivity index (χ0n) is 16.0. The maximum atomic E-state index is 12.3. The fourth-order valence-electron chi connectivity index (χ4n) is 3.04. The lowest BCUT2D eigenvalue weighted by atomic mass is 10.0. The molecule has 3 rings (SSSR count). The van der Waals surface area contributed by atoms with Crippen LogP contribution in [0.4, 0.5) is 0 Å². The van der Waals surface area contributed by atoms with E-state index in [9.17, 15) is 24.6 Å². The summed E-state index contributed by atoms with van der Waals surface area (Å²) in [5.74, 6) is -1.97. The van der Waals surface area contributed by atoms with Crippen molar-refractivity contribution in [2.24, 2.45) is 5.92 Å². The molecule has 7 heteroatoms. The van der Waals surface area contributed by atoms with Crippen LogP contribution in [0.5, 0.6) is 5.75 Å². The molecule has 3 N–H and O–H groups in total. The highest BCUT2D eigenvalue weighted by Gasteiger charge is 2.24. The fraction of sp³-hybridized carbons (Fsp3) is 0.227. The number of rotatable bonds is 6. The van der Waals surface area contributed by atoms with Crippen molar-refractivity contribution in [3.8, 4) is 5.75 Å². The molecule has 0 aliphatic rings. The van der Waals surface area contributed by atoms with Crippen LogP contribution < -0.4 is 10.9 Å². The van der Waals surface area contributed by atoms with E-state index in [2.05, 4.69) is 5.32 Å². The first-order valence-electron chi connectivity index (χ1n) is 9.14. The second-order valence-electron chi connectivity index (χ2n) is 7.12. The summed E-state index contributed by atoms with van der Waals surface area (Å²) in [6.07, 6.45) is 0.130. The lowest BCUT2D eigenvalue weighted by molar-refractivity contribution is -0.140. The fourth-order valence-corrected chi connectivity index (χ4v) is 3.04. The summed E-state index contributed by atoms with van der Waals surface area (Å²) < 4.78 is 5.26. The van der Waals surface area contributed by atoms with Gasteiger partial charge < -0.3 is 19.9 Å². The Hall–Kier alpha value is -3.61. The normalized spacial score (nSPS) is 12.1. The van der Waals surface area contributed by atoms with E-state index in [1.54, 1.807) is 62.4 Å². The molecule has 1 aromatic heterocycles. The average Bonchev–Trinajstić information content (AvgIpc) is 2.69. The SMILES string of the molecule is CC(C)[C@H](NC(=O)c1ccc(Cc2c(O)c3ccccc3oc2=O)cc1)C(=O)O. The van der Waals surface area contributed by atoms with E-state index in [0.29, 0.717) is 22.1 Å². The van der Waals surface area contributed by atoms with Crippen LogP contribution in [0.3, 0.4) is 0 Å². The largest absolute Gasteiger partial charge is 0.507 e. The molecule has 0 saturated carbocycles. The van der Waals surface area contributed by atoms with E-state index in [4.69, 9.17) is 4.42 Å². The van der Waals surface area contributed by atoms with Crippen molar-refractivity contribution >= 4 is 22.8 Å².